The van der Waals surface area contributed by atoms with E-state index in [1.807, 2.05) is 36.5 Å². The number of amides is 1. The zero-order valence-corrected chi connectivity index (χ0v) is 14.1. The second-order valence-corrected chi connectivity index (χ2v) is 6.73. The van der Waals surface area contributed by atoms with Crippen molar-refractivity contribution >= 4 is 5.91 Å². The molecule has 0 spiro atoms. The van der Waals surface area contributed by atoms with Gasteiger partial charge < -0.3 is 4.90 Å². The summed E-state index contributed by atoms with van der Waals surface area (Å²) in [7, 11) is 1.95. The largest absolute Gasteiger partial charge is 0.345 e. The fourth-order valence-electron chi connectivity index (χ4n) is 3.46. The van der Waals surface area contributed by atoms with Gasteiger partial charge in [-0.15, -0.1) is 0 Å². The highest BCUT2D eigenvalue weighted by Gasteiger charge is 2.27. The van der Waals surface area contributed by atoms with Gasteiger partial charge in [0.2, 0.25) is 5.91 Å². The van der Waals surface area contributed by atoms with Crippen molar-refractivity contribution < 1.29 is 4.79 Å². The Hall–Kier alpha value is -1.38. The first-order valence-corrected chi connectivity index (χ1v) is 8.84. The Balaban J connectivity index is 1.72. The molecule has 1 fully saturated rings. The van der Waals surface area contributed by atoms with E-state index in [9.17, 15) is 4.79 Å². The molecular formula is C19H30N2O. The third-order valence-corrected chi connectivity index (χ3v) is 5.02. The Morgan fingerprint density at radius 3 is 2.55 bits per heavy atom. The van der Waals surface area contributed by atoms with E-state index in [0.717, 1.165) is 31.7 Å². The summed E-state index contributed by atoms with van der Waals surface area (Å²) in [6.45, 7) is 3.06. The third-order valence-electron chi connectivity index (χ3n) is 5.02. The first-order chi connectivity index (χ1) is 10.7. The van der Waals surface area contributed by atoms with Crippen LogP contribution in [0.1, 0.15) is 57.4 Å². The minimum absolute atomic E-state index is 0.264. The summed E-state index contributed by atoms with van der Waals surface area (Å²) in [6.07, 6.45) is 13.2. The van der Waals surface area contributed by atoms with Gasteiger partial charge in [0, 0.05) is 31.9 Å². The summed E-state index contributed by atoms with van der Waals surface area (Å²) in [5.41, 5.74) is 1.25. The first kappa shape index (κ1) is 17.0. The molecule has 0 radical (unpaired) electrons. The quantitative estimate of drug-likeness (QED) is 0.760. The molecule has 1 amide bonds. The van der Waals surface area contributed by atoms with Gasteiger partial charge in [-0.3, -0.25) is 9.78 Å². The summed E-state index contributed by atoms with van der Waals surface area (Å²) in [5.74, 6) is 1.48. The summed E-state index contributed by atoms with van der Waals surface area (Å²) < 4.78 is 0. The number of pyridine rings is 1. The zero-order chi connectivity index (χ0) is 15.8. The lowest BCUT2D eigenvalue weighted by Gasteiger charge is -2.30. The summed E-state index contributed by atoms with van der Waals surface area (Å²) >= 11 is 0. The molecule has 1 saturated carbocycles. The Kier molecular flexibility index (Phi) is 6.88. The summed E-state index contributed by atoms with van der Waals surface area (Å²) in [4.78, 5) is 18.5. The maximum Gasteiger partial charge on any atom is 0.225 e. The van der Waals surface area contributed by atoms with E-state index >= 15 is 0 Å². The van der Waals surface area contributed by atoms with Crippen molar-refractivity contribution in [2.75, 3.05) is 13.6 Å². The standard InChI is InChI=1S/C19H30N2O/c1-3-4-5-16-6-8-18(9-7-16)19(22)21(2)15-12-17-10-13-20-14-11-17/h10-11,13-14,16,18H,3-9,12,15H2,1-2H3. The molecule has 3 nitrogen and oxygen atoms in total. The summed E-state index contributed by atoms with van der Waals surface area (Å²) in [5, 5.41) is 0. The minimum Gasteiger partial charge on any atom is -0.345 e. The number of carbonyl (C=O) groups is 1. The number of unbranched alkanes of at least 4 members (excludes halogenated alkanes) is 1. The minimum atomic E-state index is 0.264. The highest BCUT2D eigenvalue weighted by Crippen LogP contribution is 2.32. The van der Waals surface area contributed by atoms with Crippen molar-refractivity contribution in [1.29, 1.82) is 0 Å². The smallest absolute Gasteiger partial charge is 0.225 e. The van der Waals surface area contributed by atoms with Gasteiger partial charge in [-0.1, -0.05) is 26.2 Å². The molecule has 0 saturated heterocycles. The SMILES string of the molecule is CCCCC1CCC(C(=O)N(C)CCc2ccncc2)CC1. The van der Waals surface area contributed by atoms with Crippen LogP contribution in [0.5, 0.6) is 0 Å². The Bertz CT molecular complexity index is 438. The number of likely N-dealkylation sites (N-methyl/N-ethyl adjacent to an activating group) is 1. The normalized spacial score (nSPS) is 21.5. The van der Waals surface area contributed by atoms with Crippen LogP contribution < -0.4 is 0 Å². The number of aromatic nitrogens is 1. The number of hydrogen-bond donors (Lipinski definition) is 0. The molecule has 0 unspecified atom stereocenters. The van der Waals surface area contributed by atoms with Gasteiger partial charge in [0.05, 0.1) is 0 Å². The molecule has 0 aromatic carbocycles. The first-order valence-electron chi connectivity index (χ1n) is 8.84. The topological polar surface area (TPSA) is 33.2 Å². The predicted molar refractivity (Wildman–Crippen MR) is 90.6 cm³/mol. The van der Waals surface area contributed by atoms with Crippen molar-refractivity contribution in [3.63, 3.8) is 0 Å². The van der Waals surface area contributed by atoms with Gasteiger partial charge in [0.15, 0.2) is 0 Å². The van der Waals surface area contributed by atoms with Gasteiger partial charge in [0.1, 0.15) is 0 Å². The highest BCUT2D eigenvalue weighted by molar-refractivity contribution is 5.78. The van der Waals surface area contributed by atoms with Crippen molar-refractivity contribution in [2.24, 2.45) is 11.8 Å². The second kappa shape index (κ2) is 8.92. The van der Waals surface area contributed by atoms with Gasteiger partial charge in [-0.2, -0.15) is 0 Å². The van der Waals surface area contributed by atoms with E-state index in [2.05, 4.69) is 11.9 Å². The van der Waals surface area contributed by atoms with Crippen LogP contribution in [0.15, 0.2) is 24.5 Å². The lowest BCUT2D eigenvalue weighted by molar-refractivity contribution is -0.135. The molecule has 3 heteroatoms. The van der Waals surface area contributed by atoms with Gasteiger partial charge in [0.25, 0.3) is 0 Å². The van der Waals surface area contributed by atoms with Crippen molar-refractivity contribution in [1.82, 2.24) is 9.88 Å². The molecule has 1 heterocycles. The zero-order valence-electron chi connectivity index (χ0n) is 14.1. The van der Waals surface area contributed by atoms with E-state index in [1.165, 1.54) is 37.7 Å². The van der Waals surface area contributed by atoms with Crippen molar-refractivity contribution in [2.45, 2.75) is 58.3 Å². The number of hydrogen-bond acceptors (Lipinski definition) is 2. The monoisotopic (exact) mass is 302 g/mol. The van der Waals surface area contributed by atoms with Gasteiger partial charge in [-0.05, 0) is 55.7 Å². The highest BCUT2D eigenvalue weighted by atomic mass is 16.2. The van der Waals surface area contributed by atoms with E-state index in [0.29, 0.717) is 5.91 Å². The van der Waals surface area contributed by atoms with Crippen LogP contribution in [0, 0.1) is 11.8 Å². The molecule has 0 bridgehead atoms. The van der Waals surface area contributed by atoms with Crippen LogP contribution in [-0.2, 0) is 11.2 Å². The third kappa shape index (κ3) is 5.11. The van der Waals surface area contributed by atoms with E-state index < -0.39 is 0 Å². The van der Waals surface area contributed by atoms with E-state index in [4.69, 9.17) is 0 Å². The van der Waals surface area contributed by atoms with Crippen LogP contribution in [0.4, 0.5) is 0 Å². The molecule has 1 aromatic rings. The lowest BCUT2D eigenvalue weighted by Crippen LogP contribution is -2.36. The maximum atomic E-state index is 12.6. The van der Waals surface area contributed by atoms with E-state index in [-0.39, 0.29) is 5.92 Å². The molecule has 122 valence electrons. The molecule has 0 N–H and O–H groups in total. The molecule has 22 heavy (non-hydrogen) atoms. The number of nitrogens with zero attached hydrogens (tertiary/aromatic N) is 2. The molecule has 1 aliphatic rings. The Labute approximate surface area is 135 Å². The number of carbonyl (C=O) groups excluding carboxylic acids is 1. The molecular weight excluding hydrogens is 272 g/mol. The fourth-order valence-corrected chi connectivity index (χ4v) is 3.46. The number of rotatable bonds is 7. The van der Waals surface area contributed by atoms with Gasteiger partial charge >= 0.3 is 0 Å². The van der Waals surface area contributed by atoms with Crippen LogP contribution in [0.25, 0.3) is 0 Å². The average molecular weight is 302 g/mol. The van der Waals surface area contributed by atoms with Crippen LogP contribution in [0.2, 0.25) is 0 Å². The van der Waals surface area contributed by atoms with Gasteiger partial charge in [-0.25, -0.2) is 0 Å². The Morgan fingerprint density at radius 1 is 1.23 bits per heavy atom. The molecule has 2 rings (SSSR count). The van der Waals surface area contributed by atoms with E-state index in [1.54, 1.807) is 0 Å². The summed E-state index contributed by atoms with van der Waals surface area (Å²) in [6, 6.07) is 4.05. The molecule has 0 aliphatic heterocycles. The van der Waals surface area contributed by atoms with Crippen LogP contribution in [-0.4, -0.2) is 29.4 Å². The fraction of sp³-hybridized carbons (Fsp3) is 0.684. The van der Waals surface area contributed by atoms with Crippen LogP contribution >= 0.6 is 0 Å². The Morgan fingerprint density at radius 2 is 1.91 bits per heavy atom. The van der Waals surface area contributed by atoms with Crippen molar-refractivity contribution in [3.05, 3.63) is 30.1 Å². The molecule has 1 aromatic heterocycles. The average Bonchev–Trinajstić information content (AvgIpc) is 2.58. The van der Waals surface area contributed by atoms with Crippen molar-refractivity contribution in [3.8, 4) is 0 Å². The van der Waals surface area contributed by atoms with Crippen LogP contribution in [0.3, 0.4) is 0 Å². The predicted octanol–water partition coefficient (Wildman–Crippen LogP) is 4.08. The lowest BCUT2D eigenvalue weighted by atomic mass is 9.79. The molecule has 1 aliphatic carbocycles. The molecule has 0 atom stereocenters. The second-order valence-electron chi connectivity index (χ2n) is 6.73. The maximum absolute atomic E-state index is 12.6.